The summed E-state index contributed by atoms with van der Waals surface area (Å²) in [6.07, 6.45) is 8.09. The number of H-pyrrole nitrogens is 1. The number of nitrogens with one attached hydrogen (secondary N) is 3. The van der Waals surface area contributed by atoms with Crippen molar-refractivity contribution in [3.05, 3.63) is 52.8 Å². The van der Waals surface area contributed by atoms with E-state index in [4.69, 9.17) is 0 Å². The lowest BCUT2D eigenvalue weighted by Crippen LogP contribution is -2.30. The molecule has 1 saturated carbocycles. The van der Waals surface area contributed by atoms with E-state index in [2.05, 4.69) is 15.6 Å². The van der Waals surface area contributed by atoms with Crippen LogP contribution in [0, 0.1) is 12.8 Å². The summed E-state index contributed by atoms with van der Waals surface area (Å²) in [6.45, 7) is 2.68. The van der Waals surface area contributed by atoms with Gasteiger partial charge in [0.2, 0.25) is 0 Å². The van der Waals surface area contributed by atoms with Gasteiger partial charge in [-0.15, -0.1) is 0 Å². The minimum Gasteiger partial charge on any atom is -0.351 e. The number of aromatic nitrogens is 1. The van der Waals surface area contributed by atoms with Gasteiger partial charge < -0.3 is 15.6 Å². The van der Waals surface area contributed by atoms with Crippen LogP contribution in [0.4, 0.5) is 5.69 Å². The molecule has 1 aliphatic carbocycles. The number of rotatable bonds is 4. The summed E-state index contributed by atoms with van der Waals surface area (Å²) in [4.78, 5) is 28.0. The van der Waals surface area contributed by atoms with Crippen LogP contribution in [0.5, 0.6) is 0 Å². The fourth-order valence-electron chi connectivity index (χ4n) is 4.00. The van der Waals surface area contributed by atoms with Gasteiger partial charge in [0.05, 0.1) is 5.57 Å². The molecule has 4 rings (SSSR count). The molecule has 0 spiro atoms. The first-order chi connectivity index (χ1) is 13.1. The average molecular weight is 363 g/mol. The zero-order valence-corrected chi connectivity index (χ0v) is 15.6. The zero-order valence-electron chi connectivity index (χ0n) is 15.6. The molecular weight excluding hydrogens is 338 g/mol. The largest absolute Gasteiger partial charge is 0.351 e. The molecule has 1 aromatic heterocycles. The van der Waals surface area contributed by atoms with E-state index in [9.17, 15) is 9.59 Å². The van der Waals surface area contributed by atoms with Gasteiger partial charge in [-0.3, -0.25) is 9.59 Å². The maximum atomic E-state index is 12.5. The second-order valence-electron chi connectivity index (χ2n) is 7.55. The van der Waals surface area contributed by atoms with Crippen LogP contribution in [0.2, 0.25) is 0 Å². The number of carbonyl (C=O) groups is 2. The maximum absolute atomic E-state index is 12.5. The van der Waals surface area contributed by atoms with Gasteiger partial charge in [0.25, 0.3) is 11.8 Å². The average Bonchev–Trinajstić information content (AvgIpc) is 3.21. The summed E-state index contributed by atoms with van der Waals surface area (Å²) in [7, 11) is 0. The highest BCUT2D eigenvalue weighted by molar-refractivity contribution is 6.34. The second-order valence-corrected chi connectivity index (χ2v) is 7.55. The molecule has 2 aliphatic rings. The van der Waals surface area contributed by atoms with Gasteiger partial charge in [-0.1, -0.05) is 37.5 Å². The molecular formula is C22H25N3O2. The number of benzene rings is 1. The van der Waals surface area contributed by atoms with Crippen LogP contribution in [0.3, 0.4) is 0 Å². The molecule has 1 fully saturated rings. The van der Waals surface area contributed by atoms with Crippen LogP contribution in [-0.2, 0) is 4.79 Å². The van der Waals surface area contributed by atoms with Crippen LogP contribution >= 0.6 is 0 Å². The van der Waals surface area contributed by atoms with Gasteiger partial charge in [-0.2, -0.15) is 0 Å². The molecule has 0 atom stereocenters. The molecule has 2 aromatic rings. The topological polar surface area (TPSA) is 74.0 Å². The Bertz CT molecular complexity index is 904. The molecule has 2 heterocycles. The second kappa shape index (κ2) is 7.43. The van der Waals surface area contributed by atoms with E-state index in [1.807, 2.05) is 43.3 Å². The van der Waals surface area contributed by atoms with Gasteiger partial charge in [0.1, 0.15) is 5.69 Å². The van der Waals surface area contributed by atoms with Crippen molar-refractivity contribution in [2.45, 2.75) is 39.0 Å². The highest BCUT2D eigenvalue weighted by Crippen LogP contribution is 2.33. The smallest absolute Gasteiger partial charge is 0.267 e. The molecule has 1 aliphatic heterocycles. The van der Waals surface area contributed by atoms with E-state index in [0.717, 1.165) is 29.1 Å². The number of amides is 2. The van der Waals surface area contributed by atoms with Crippen LogP contribution < -0.4 is 10.6 Å². The number of aromatic amines is 1. The van der Waals surface area contributed by atoms with E-state index in [-0.39, 0.29) is 11.8 Å². The van der Waals surface area contributed by atoms with Crippen molar-refractivity contribution in [2.24, 2.45) is 5.92 Å². The quantitative estimate of drug-likeness (QED) is 0.715. The Morgan fingerprint density at radius 2 is 2.00 bits per heavy atom. The third kappa shape index (κ3) is 3.68. The van der Waals surface area contributed by atoms with Crippen LogP contribution in [-0.4, -0.2) is 23.3 Å². The molecule has 140 valence electrons. The predicted molar refractivity (Wildman–Crippen MR) is 107 cm³/mol. The maximum Gasteiger partial charge on any atom is 0.267 e. The molecule has 0 unspecified atom stereocenters. The lowest BCUT2D eigenvalue weighted by atomic mass is 9.89. The molecule has 0 bridgehead atoms. The molecule has 27 heavy (non-hydrogen) atoms. The van der Waals surface area contributed by atoms with E-state index in [1.165, 1.54) is 32.1 Å². The monoisotopic (exact) mass is 363 g/mol. The standard InChI is InChI=1S/C22H25N3O2/c1-14-11-20(22(27)23-13-15-7-3-2-4-8-15)24-19(14)12-17-16-9-5-6-10-18(16)25-21(17)26/h5-6,9-12,15,24H,2-4,7-8,13H2,1H3,(H,23,27)(H,25,26). The van der Waals surface area contributed by atoms with Crippen LogP contribution in [0.15, 0.2) is 30.3 Å². The number of hydrogen-bond acceptors (Lipinski definition) is 2. The predicted octanol–water partition coefficient (Wildman–Crippen LogP) is 4.13. The number of fused-ring (bicyclic) bond motifs is 1. The van der Waals surface area contributed by atoms with E-state index in [1.54, 1.807) is 0 Å². The Balaban J connectivity index is 1.50. The molecule has 0 radical (unpaired) electrons. The highest BCUT2D eigenvalue weighted by Gasteiger charge is 2.24. The van der Waals surface area contributed by atoms with Crippen molar-refractivity contribution in [1.82, 2.24) is 10.3 Å². The third-order valence-electron chi connectivity index (χ3n) is 5.57. The first-order valence-electron chi connectivity index (χ1n) is 9.72. The summed E-state index contributed by atoms with van der Waals surface area (Å²) >= 11 is 0. The Morgan fingerprint density at radius 3 is 2.81 bits per heavy atom. The Hall–Kier alpha value is -2.82. The lowest BCUT2D eigenvalue weighted by Gasteiger charge is -2.21. The van der Waals surface area contributed by atoms with Gasteiger partial charge in [0.15, 0.2) is 0 Å². The SMILES string of the molecule is Cc1cc(C(=O)NCC2CCCCC2)[nH]c1C=C1C(=O)Nc2ccccc21. The minimum atomic E-state index is -0.117. The van der Waals surface area contributed by atoms with Crippen molar-refractivity contribution >= 4 is 29.2 Å². The summed E-state index contributed by atoms with van der Waals surface area (Å²) in [5.74, 6) is 0.400. The zero-order chi connectivity index (χ0) is 18.8. The van der Waals surface area contributed by atoms with Crippen LogP contribution in [0.25, 0.3) is 11.6 Å². The molecule has 3 N–H and O–H groups in total. The lowest BCUT2D eigenvalue weighted by molar-refractivity contribution is -0.110. The van der Waals surface area contributed by atoms with Gasteiger partial charge in [-0.25, -0.2) is 0 Å². The highest BCUT2D eigenvalue weighted by atomic mass is 16.2. The number of anilines is 1. The fraction of sp³-hybridized carbons (Fsp3) is 0.364. The normalized spacial score (nSPS) is 18.4. The van der Waals surface area contributed by atoms with Gasteiger partial charge >= 0.3 is 0 Å². The number of aryl methyl sites for hydroxylation is 1. The van der Waals surface area contributed by atoms with Gasteiger partial charge in [-0.05, 0) is 49.5 Å². The number of para-hydroxylation sites is 1. The fourth-order valence-corrected chi connectivity index (χ4v) is 4.00. The molecule has 0 saturated heterocycles. The summed E-state index contributed by atoms with van der Waals surface area (Å²) in [6, 6.07) is 9.48. The summed E-state index contributed by atoms with van der Waals surface area (Å²) in [5, 5.41) is 5.93. The van der Waals surface area contributed by atoms with Crippen molar-refractivity contribution in [2.75, 3.05) is 11.9 Å². The Kier molecular flexibility index (Phi) is 4.84. The number of hydrogen-bond donors (Lipinski definition) is 3. The van der Waals surface area contributed by atoms with Crippen molar-refractivity contribution < 1.29 is 9.59 Å². The van der Waals surface area contributed by atoms with Crippen molar-refractivity contribution in [3.63, 3.8) is 0 Å². The van der Waals surface area contributed by atoms with E-state index < -0.39 is 0 Å². The summed E-state index contributed by atoms with van der Waals surface area (Å²) < 4.78 is 0. The molecule has 2 amide bonds. The van der Waals surface area contributed by atoms with Gasteiger partial charge in [0, 0.05) is 23.5 Å². The Morgan fingerprint density at radius 1 is 1.22 bits per heavy atom. The summed E-state index contributed by atoms with van der Waals surface area (Å²) in [5.41, 5.74) is 4.61. The van der Waals surface area contributed by atoms with Crippen LogP contribution in [0.1, 0.15) is 59.4 Å². The third-order valence-corrected chi connectivity index (χ3v) is 5.57. The first-order valence-corrected chi connectivity index (χ1v) is 9.72. The molecule has 5 heteroatoms. The van der Waals surface area contributed by atoms with E-state index >= 15 is 0 Å². The van der Waals surface area contributed by atoms with Crippen molar-refractivity contribution in [1.29, 1.82) is 0 Å². The molecule has 5 nitrogen and oxygen atoms in total. The van der Waals surface area contributed by atoms with E-state index in [0.29, 0.717) is 17.2 Å². The molecule has 1 aromatic carbocycles. The Labute approximate surface area is 159 Å². The van der Waals surface area contributed by atoms with Crippen molar-refractivity contribution in [3.8, 4) is 0 Å². The first kappa shape index (κ1) is 17.6. The minimum absolute atomic E-state index is 0.0791. The number of carbonyl (C=O) groups excluding carboxylic acids is 2.